The molecule has 0 aliphatic heterocycles. The highest BCUT2D eigenvalue weighted by Gasteiger charge is 2.29. The zero-order valence-electron chi connectivity index (χ0n) is 20.5. The molecule has 0 aliphatic rings. The third kappa shape index (κ3) is 12.1. The van der Waals surface area contributed by atoms with Gasteiger partial charge in [0.25, 0.3) is 0 Å². The summed E-state index contributed by atoms with van der Waals surface area (Å²) in [6, 6.07) is 8.60. The minimum Gasteiger partial charge on any atom is -0.460 e. The topological polar surface area (TPSA) is 114 Å². The lowest BCUT2D eigenvalue weighted by Gasteiger charge is -2.24. The Bertz CT molecular complexity index is 774. The molecular formula is C25H39N3O5. The summed E-state index contributed by atoms with van der Waals surface area (Å²) in [4.78, 5) is 49.9. The number of ether oxygens (including phenoxy) is 1. The van der Waals surface area contributed by atoms with E-state index < -0.39 is 29.4 Å². The molecule has 3 N–H and O–H groups in total. The van der Waals surface area contributed by atoms with Gasteiger partial charge in [-0.2, -0.15) is 0 Å². The molecule has 0 aliphatic carbocycles. The molecule has 0 bridgehead atoms. The lowest BCUT2D eigenvalue weighted by atomic mass is 9.95. The van der Waals surface area contributed by atoms with Crippen LogP contribution in [0.3, 0.4) is 0 Å². The van der Waals surface area contributed by atoms with E-state index in [9.17, 15) is 19.2 Å². The van der Waals surface area contributed by atoms with Crippen LogP contribution in [-0.4, -0.2) is 48.9 Å². The average molecular weight is 462 g/mol. The number of likely N-dealkylation sites (N-methyl/N-ethyl adjacent to an activating group) is 1. The average Bonchev–Trinajstić information content (AvgIpc) is 2.75. The van der Waals surface area contributed by atoms with E-state index in [4.69, 9.17) is 4.74 Å². The molecule has 1 aromatic carbocycles. The molecule has 0 saturated carbocycles. The maximum Gasteiger partial charge on any atom is 0.307 e. The van der Waals surface area contributed by atoms with E-state index in [0.29, 0.717) is 25.8 Å². The molecule has 0 fully saturated rings. The van der Waals surface area contributed by atoms with Crippen molar-refractivity contribution in [1.82, 2.24) is 16.0 Å². The first-order valence-corrected chi connectivity index (χ1v) is 11.6. The molecule has 1 rings (SSSR count). The van der Waals surface area contributed by atoms with Crippen molar-refractivity contribution in [1.29, 1.82) is 0 Å². The third-order valence-corrected chi connectivity index (χ3v) is 4.89. The number of carbonyl (C=O) groups is 4. The minimum atomic E-state index is -0.779. The quantitative estimate of drug-likeness (QED) is 0.391. The largest absolute Gasteiger partial charge is 0.460 e. The van der Waals surface area contributed by atoms with E-state index in [-0.39, 0.29) is 24.7 Å². The van der Waals surface area contributed by atoms with Crippen molar-refractivity contribution in [2.24, 2.45) is 5.92 Å². The van der Waals surface area contributed by atoms with Crippen molar-refractivity contribution < 1.29 is 23.9 Å². The maximum absolute atomic E-state index is 13.1. The molecular weight excluding hydrogens is 422 g/mol. The molecule has 0 saturated heterocycles. The first-order chi connectivity index (χ1) is 15.6. The summed E-state index contributed by atoms with van der Waals surface area (Å²) >= 11 is 0. The van der Waals surface area contributed by atoms with Crippen LogP contribution >= 0.6 is 0 Å². The van der Waals surface area contributed by atoms with Crippen LogP contribution in [0.5, 0.6) is 0 Å². The molecule has 8 nitrogen and oxygen atoms in total. The van der Waals surface area contributed by atoms with Crippen LogP contribution in [0.15, 0.2) is 30.3 Å². The highest BCUT2D eigenvalue weighted by Crippen LogP contribution is 2.18. The van der Waals surface area contributed by atoms with Crippen molar-refractivity contribution in [2.45, 2.75) is 77.9 Å². The number of hydrogen-bond acceptors (Lipinski definition) is 5. The number of nitrogens with one attached hydrogen (secondary N) is 3. The first kappa shape index (κ1) is 28.1. The SMILES string of the molecule is CCCNC(=O)CCC[C@H](CC(=O)OC(C)(C)C)C(=O)N[C@@H](Cc1ccccc1)C(=O)NC. The Hall–Kier alpha value is -2.90. The normalized spacial score (nSPS) is 12.9. The Morgan fingerprint density at radius 1 is 1.03 bits per heavy atom. The van der Waals surface area contributed by atoms with Crippen LogP contribution in [0.25, 0.3) is 0 Å². The van der Waals surface area contributed by atoms with Crippen molar-refractivity contribution in [3.8, 4) is 0 Å². The van der Waals surface area contributed by atoms with E-state index in [2.05, 4.69) is 16.0 Å². The Balaban J connectivity index is 2.87. The van der Waals surface area contributed by atoms with Crippen molar-refractivity contribution in [3.63, 3.8) is 0 Å². The summed E-state index contributed by atoms with van der Waals surface area (Å²) in [6.07, 6.45) is 2.09. The van der Waals surface area contributed by atoms with Crippen LogP contribution in [0.1, 0.15) is 65.4 Å². The number of hydrogen-bond donors (Lipinski definition) is 3. The fourth-order valence-electron chi connectivity index (χ4n) is 3.29. The maximum atomic E-state index is 13.1. The summed E-state index contributed by atoms with van der Waals surface area (Å²) in [5.41, 5.74) is 0.235. The van der Waals surface area contributed by atoms with E-state index in [1.165, 1.54) is 7.05 Å². The van der Waals surface area contributed by atoms with Crippen LogP contribution in [0.4, 0.5) is 0 Å². The predicted molar refractivity (Wildman–Crippen MR) is 127 cm³/mol. The third-order valence-electron chi connectivity index (χ3n) is 4.89. The smallest absolute Gasteiger partial charge is 0.307 e. The van der Waals surface area contributed by atoms with Crippen molar-refractivity contribution in [2.75, 3.05) is 13.6 Å². The summed E-state index contributed by atoms with van der Waals surface area (Å²) in [5.74, 6) is -2.00. The van der Waals surface area contributed by atoms with E-state index in [1.54, 1.807) is 20.8 Å². The van der Waals surface area contributed by atoms with E-state index >= 15 is 0 Å². The zero-order valence-corrected chi connectivity index (χ0v) is 20.5. The van der Waals surface area contributed by atoms with Gasteiger partial charge in [-0.1, -0.05) is 37.3 Å². The lowest BCUT2D eigenvalue weighted by molar-refractivity contribution is -0.157. The Labute approximate surface area is 197 Å². The molecule has 0 aromatic heterocycles. The van der Waals surface area contributed by atoms with Gasteiger partial charge in [-0.25, -0.2) is 0 Å². The van der Waals surface area contributed by atoms with Gasteiger partial charge in [0.15, 0.2) is 0 Å². The fraction of sp³-hybridized carbons (Fsp3) is 0.600. The number of amides is 3. The monoisotopic (exact) mass is 461 g/mol. The van der Waals surface area contributed by atoms with Crippen LogP contribution in [-0.2, 0) is 30.3 Å². The molecule has 3 amide bonds. The molecule has 184 valence electrons. The Morgan fingerprint density at radius 3 is 2.27 bits per heavy atom. The van der Waals surface area contributed by atoms with E-state index in [1.807, 2.05) is 37.3 Å². The second kappa shape index (κ2) is 14.3. The number of rotatable bonds is 13. The second-order valence-electron chi connectivity index (χ2n) is 9.09. The molecule has 0 heterocycles. The van der Waals surface area contributed by atoms with Gasteiger partial charge in [0.05, 0.1) is 6.42 Å². The summed E-state index contributed by atoms with van der Waals surface area (Å²) in [5, 5.41) is 8.18. The molecule has 8 heteroatoms. The molecule has 2 atom stereocenters. The highest BCUT2D eigenvalue weighted by atomic mass is 16.6. The van der Waals surface area contributed by atoms with Gasteiger partial charge in [-0.15, -0.1) is 0 Å². The zero-order chi connectivity index (χ0) is 24.9. The minimum absolute atomic E-state index is 0.0828. The number of benzene rings is 1. The van der Waals surface area contributed by atoms with Crippen LogP contribution in [0.2, 0.25) is 0 Å². The van der Waals surface area contributed by atoms with E-state index in [0.717, 1.165) is 12.0 Å². The Kier molecular flexibility index (Phi) is 12.2. The molecule has 0 unspecified atom stereocenters. The lowest BCUT2D eigenvalue weighted by Crippen LogP contribution is -2.49. The van der Waals surface area contributed by atoms with Gasteiger partial charge in [0.2, 0.25) is 17.7 Å². The number of carbonyl (C=O) groups excluding carboxylic acids is 4. The molecule has 33 heavy (non-hydrogen) atoms. The van der Waals surface area contributed by atoms with Gasteiger partial charge in [0.1, 0.15) is 11.6 Å². The first-order valence-electron chi connectivity index (χ1n) is 11.6. The molecule has 0 radical (unpaired) electrons. The standard InChI is InChI=1S/C25H39N3O5/c1-6-15-27-21(29)14-10-13-19(17-22(30)33-25(2,3)4)23(31)28-20(24(32)26-5)16-18-11-8-7-9-12-18/h7-9,11-12,19-20H,6,10,13-17H2,1-5H3,(H,26,32)(H,27,29)(H,28,31)/t19-,20+/m1/s1. The van der Waals surface area contributed by atoms with Gasteiger partial charge in [-0.05, 0) is 45.6 Å². The molecule has 1 aromatic rings. The summed E-state index contributed by atoms with van der Waals surface area (Å²) in [6.45, 7) is 7.87. The van der Waals surface area contributed by atoms with Crippen LogP contribution in [0, 0.1) is 5.92 Å². The predicted octanol–water partition coefficient (Wildman–Crippen LogP) is 2.50. The van der Waals surface area contributed by atoms with Gasteiger partial charge >= 0.3 is 5.97 Å². The fourth-order valence-corrected chi connectivity index (χ4v) is 3.29. The number of esters is 1. The highest BCUT2D eigenvalue weighted by molar-refractivity contribution is 5.90. The van der Waals surface area contributed by atoms with Crippen LogP contribution < -0.4 is 16.0 Å². The summed E-state index contributed by atoms with van der Waals surface area (Å²) < 4.78 is 5.39. The second-order valence-corrected chi connectivity index (χ2v) is 9.09. The van der Waals surface area contributed by atoms with Crippen molar-refractivity contribution in [3.05, 3.63) is 35.9 Å². The van der Waals surface area contributed by atoms with Gasteiger partial charge in [0, 0.05) is 32.4 Å². The van der Waals surface area contributed by atoms with Gasteiger partial charge in [-0.3, -0.25) is 19.2 Å². The van der Waals surface area contributed by atoms with Gasteiger partial charge < -0.3 is 20.7 Å². The summed E-state index contributed by atoms with van der Waals surface area (Å²) in [7, 11) is 1.51. The van der Waals surface area contributed by atoms with Crippen molar-refractivity contribution >= 4 is 23.7 Å². The molecule has 0 spiro atoms. The Morgan fingerprint density at radius 2 is 1.70 bits per heavy atom.